The summed E-state index contributed by atoms with van der Waals surface area (Å²) < 4.78 is 5.43. The minimum Gasteiger partial charge on any atom is -0.386 e. The highest BCUT2D eigenvalue weighted by Gasteiger charge is 2.32. The summed E-state index contributed by atoms with van der Waals surface area (Å²) in [5.74, 6) is -1.31. The van der Waals surface area contributed by atoms with Crippen molar-refractivity contribution in [1.29, 1.82) is 0 Å². The predicted molar refractivity (Wildman–Crippen MR) is 126 cm³/mol. The van der Waals surface area contributed by atoms with Gasteiger partial charge in [-0.05, 0) is 25.3 Å². The van der Waals surface area contributed by atoms with Crippen LogP contribution in [-0.2, 0) is 14.3 Å². The highest BCUT2D eigenvalue weighted by Crippen LogP contribution is 2.19. The number of morpholine rings is 1. The molecule has 1 saturated heterocycles. The second-order valence-corrected chi connectivity index (χ2v) is 8.78. The fourth-order valence-corrected chi connectivity index (χ4v) is 4.05. The number of nitrogens with zero attached hydrogens (tertiary/aromatic N) is 1. The van der Waals surface area contributed by atoms with Gasteiger partial charge in [-0.3, -0.25) is 14.5 Å². The summed E-state index contributed by atoms with van der Waals surface area (Å²) in [7, 11) is 0. The lowest BCUT2D eigenvalue weighted by molar-refractivity contribution is -0.137. The van der Waals surface area contributed by atoms with Gasteiger partial charge in [-0.1, -0.05) is 63.4 Å². The van der Waals surface area contributed by atoms with E-state index in [0.29, 0.717) is 26.2 Å². The Morgan fingerprint density at radius 2 is 1.69 bits per heavy atom. The molecule has 1 aliphatic rings. The third-order valence-electron chi connectivity index (χ3n) is 6.00. The van der Waals surface area contributed by atoms with Gasteiger partial charge < -0.3 is 20.5 Å². The number of unbranched alkanes of at least 4 members (excludes halogenated alkanes) is 1. The van der Waals surface area contributed by atoms with Gasteiger partial charge in [0.25, 0.3) is 0 Å². The van der Waals surface area contributed by atoms with Crippen molar-refractivity contribution in [2.45, 2.75) is 71.1 Å². The van der Waals surface area contributed by atoms with Gasteiger partial charge >= 0.3 is 0 Å². The molecule has 0 saturated carbocycles. The Hall–Kier alpha value is -1.96. The molecule has 1 aromatic rings. The molecule has 0 aromatic heterocycles. The SMILES string of the molecule is CCCCC(C)NC(=O)C(CCC)C(=O)N[C@@H](CN1CCOCC1)[C@@H](O)c1ccccc1. The van der Waals surface area contributed by atoms with Crippen LogP contribution in [-0.4, -0.2) is 66.8 Å². The summed E-state index contributed by atoms with van der Waals surface area (Å²) in [6.45, 7) is 9.35. The number of ether oxygens (including phenoxy) is 1. The van der Waals surface area contributed by atoms with Crippen molar-refractivity contribution in [2.24, 2.45) is 5.92 Å². The third-order valence-corrected chi connectivity index (χ3v) is 6.00. The molecule has 2 rings (SSSR count). The molecule has 7 heteroatoms. The molecule has 7 nitrogen and oxygen atoms in total. The zero-order valence-corrected chi connectivity index (χ0v) is 19.9. The fraction of sp³-hybridized carbons (Fsp3) is 0.680. The zero-order chi connectivity index (χ0) is 23.3. The van der Waals surface area contributed by atoms with Crippen LogP contribution in [0, 0.1) is 5.92 Å². The number of carbonyl (C=O) groups excluding carboxylic acids is 2. The lowest BCUT2D eigenvalue weighted by atomic mass is 9.97. The quantitative estimate of drug-likeness (QED) is 0.405. The molecule has 2 amide bonds. The van der Waals surface area contributed by atoms with E-state index in [1.807, 2.05) is 44.2 Å². The Balaban J connectivity index is 2.11. The Morgan fingerprint density at radius 1 is 1.03 bits per heavy atom. The van der Waals surface area contributed by atoms with E-state index >= 15 is 0 Å². The number of aliphatic hydroxyl groups is 1. The summed E-state index contributed by atoms with van der Waals surface area (Å²) in [6.07, 6.45) is 3.34. The van der Waals surface area contributed by atoms with E-state index in [1.54, 1.807) is 0 Å². The number of benzene rings is 1. The van der Waals surface area contributed by atoms with E-state index in [0.717, 1.165) is 44.3 Å². The number of rotatable bonds is 13. The van der Waals surface area contributed by atoms with Crippen LogP contribution >= 0.6 is 0 Å². The van der Waals surface area contributed by atoms with Crippen molar-refractivity contribution in [3.8, 4) is 0 Å². The molecule has 180 valence electrons. The molecule has 32 heavy (non-hydrogen) atoms. The van der Waals surface area contributed by atoms with E-state index in [4.69, 9.17) is 4.74 Å². The summed E-state index contributed by atoms with van der Waals surface area (Å²) in [5, 5.41) is 17.1. The maximum absolute atomic E-state index is 13.2. The van der Waals surface area contributed by atoms with Gasteiger partial charge in [-0.25, -0.2) is 0 Å². The Bertz CT molecular complexity index is 679. The lowest BCUT2D eigenvalue weighted by Crippen LogP contribution is -2.53. The number of hydrogen-bond donors (Lipinski definition) is 3. The molecule has 2 unspecified atom stereocenters. The third kappa shape index (κ3) is 8.52. The maximum Gasteiger partial charge on any atom is 0.232 e. The van der Waals surface area contributed by atoms with E-state index in [1.165, 1.54) is 0 Å². The molecular formula is C25H41N3O4. The molecule has 0 aliphatic carbocycles. The molecular weight excluding hydrogens is 406 g/mol. The lowest BCUT2D eigenvalue weighted by Gasteiger charge is -2.33. The monoisotopic (exact) mass is 447 g/mol. The van der Waals surface area contributed by atoms with Gasteiger partial charge in [-0.2, -0.15) is 0 Å². The van der Waals surface area contributed by atoms with Crippen molar-refractivity contribution in [1.82, 2.24) is 15.5 Å². The number of amides is 2. The molecule has 0 radical (unpaired) electrons. The van der Waals surface area contributed by atoms with Crippen molar-refractivity contribution in [3.05, 3.63) is 35.9 Å². The number of nitrogens with one attached hydrogen (secondary N) is 2. The molecule has 1 aromatic carbocycles. The van der Waals surface area contributed by atoms with Crippen LogP contribution in [0.3, 0.4) is 0 Å². The number of hydrogen-bond acceptors (Lipinski definition) is 5. The normalized spacial score (nSPS) is 18.4. The first kappa shape index (κ1) is 26.3. The topological polar surface area (TPSA) is 90.9 Å². The highest BCUT2D eigenvalue weighted by molar-refractivity contribution is 6.00. The van der Waals surface area contributed by atoms with Gasteiger partial charge in [0.05, 0.1) is 19.3 Å². The van der Waals surface area contributed by atoms with Gasteiger partial charge in [0.15, 0.2) is 0 Å². The average molecular weight is 448 g/mol. The molecule has 4 atom stereocenters. The van der Waals surface area contributed by atoms with E-state index in [9.17, 15) is 14.7 Å². The summed E-state index contributed by atoms with van der Waals surface area (Å²) in [4.78, 5) is 28.3. The van der Waals surface area contributed by atoms with Crippen LogP contribution in [0.15, 0.2) is 30.3 Å². The Labute approximate surface area is 192 Å². The maximum atomic E-state index is 13.2. The molecule has 0 spiro atoms. The van der Waals surface area contributed by atoms with Crippen molar-refractivity contribution >= 4 is 11.8 Å². The average Bonchev–Trinajstić information content (AvgIpc) is 2.81. The van der Waals surface area contributed by atoms with Crippen LogP contribution in [0.1, 0.15) is 64.5 Å². The Kier molecular flexibility index (Phi) is 11.7. The first-order chi connectivity index (χ1) is 15.5. The molecule has 3 N–H and O–H groups in total. The highest BCUT2D eigenvalue weighted by atomic mass is 16.5. The minimum absolute atomic E-state index is 0.0358. The first-order valence-electron chi connectivity index (χ1n) is 12.1. The minimum atomic E-state index is -0.864. The van der Waals surface area contributed by atoms with Gasteiger partial charge in [-0.15, -0.1) is 0 Å². The van der Waals surface area contributed by atoms with Crippen molar-refractivity contribution < 1.29 is 19.4 Å². The van der Waals surface area contributed by atoms with Crippen LogP contribution in [0.2, 0.25) is 0 Å². The summed E-state index contributed by atoms with van der Waals surface area (Å²) >= 11 is 0. The number of carbonyl (C=O) groups is 2. The molecule has 0 bridgehead atoms. The van der Waals surface area contributed by atoms with Crippen LogP contribution < -0.4 is 10.6 Å². The van der Waals surface area contributed by atoms with Gasteiger partial charge in [0, 0.05) is 25.7 Å². The molecule has 1 fully saturated rings. The van der Waals surface area contributed by atoms with E-state index < -0.39 is 18.1 Å². The zero-order valence-electron chi connectivity index (χ0n) is 19.9. The number of aliphatic hydroxyl groups excluding tert-OH is 1. The molecule has 1 heterocycles. The second-order valence-electron chi connectivity index (χ2n) is 8.78. The molecule has 1 aliphatic heterocycles. The van der Waals surface area contributed by atoms with Crippen molar-refractivity contribution in [3.63, 3.8) is 0 Å². The standard InChI is InChI=1S/C25H41N3O4/c1-4-6-11-19(3)26-24(30)21(10-5-2)25(31)27-22(18-28-14-16-32-17-15-28)23(29)20-12-8-7-9-13-20/h7-9,12-13,19,21-23,29H,4-6,10-11,14-18H2,1-3H3,(H,26,30)(H,27,31)/t19?,21?,22-,23-/m0/s1. The first-order valence-corrected chi connectivity index (χ1v) is 12.1. The Morgan fingerprint density at radius 3 is 2.31 bits per heavy atom. The predicted octanol–water partition coefficient (Wildman–Crippen LogP) is 2.65. The van der Waals surface area contributed by atoms with E-state index in [2.05, 4.69) is 22.5 Å². The van der Waals surface area contributed by atoms with Crippen LogP contribution in [0.5, 0.6) is 0 Å². The summed E-state index contributed by atoms with van der Waals surface area (Å²) in [5.41, 5.74) is 0.746. The van der Waals surface area contributed by atoms with Gasteiger partial charge in [0.2, 0.25) is 11.8 Å². The fourth-order valence-electron chi connectivity index (χ4n) is 4.05. The second kappa shape index (κ2) is 14.2. The van der Waals surface area contributed by atoms with Crippen LogP contribution in [0.25, 0.3) is 0 Å². The smallest absolute Gasteiger partial charge is 0.232 e. The van der Waals surface area contributed by atoms with E-state index in [-0.39, 0.29) is 17.9 Å². The largest absolute Gasteiger partial charge is 0.386 e. The van der Waals surface area contributed by atoms with Crippen molar-refractivity contribution in [2.75, 3.05) is 32.8 Å². The van der Waals surface area contributed by atoms with Gasteiger partial charge in [0.1, 0.15) is 12.0 Å². The van der Waals surface area contributed by atoms with Crippen LogP contribution in [0.4, 0.5) is 0 Å². The summed E-state index contributed by atoms with van der Waals surface area (Å²) in [6, 6.07) is 8.87.